The lowest BCUT2D eigenvalue weighted by Gasteiger charge is -2.20. The van der Waals surface area contributed by atoms with Gasteiger partial charge in [0.05, 0.1) is 13.2 Å². The minimum atomic E-state index is -4.70. The summed E-state index contributed by atoms with van der Waals surface area (Å²) in [6, 6.07) is -1.51. The third-order valence-electron chi connectivity index (χ3n) is 9.11. The smallest absolute Gasteiger partial charge is 0.472 e. The second-order valence-corrected chi connectivity index (χ2v) is 15.6. The second-order valence-electron chi connectivity index (χ2n) is 14.1. The Morgan fingerprint density at radius 2 is 0.863 bits per heavy atom. The number of phosphoric ester groups is 1. The number of esters is 2. The molecule has 0 heterocycles. The average molecular weight is 750 g/mol. The van der Waals surface area contributed by atoms with Crippen LogP contribution in [0.5, 0.6) is 0 Å². The van der Waals surface area contributed by atoms with Crippen LogP contribution in [-0.4, -0.2) is 59.9 Å². The number of ether oxygens (including phenoxy) is 2. The number of rotatable bonds is 39. The summed E-state index contributed by atoms with van der Waals surface area (Å²) in [4.78, 5) is 45.8. The minimum absolute atomic E-state index is 0.169. The van der Waals surface area contributed by atoms with E-state index in [1.165, 1.54) is 122 Å². The summed E-state index contributed by atoms with van der Waals surface area (Å²) in [5.41, 5.74) is 5.32. The number of carboxylic acids is 1. The molecule has 0 aliphatic rings. The number of carbonyl (C=O) groups is 3. The number of aliphatic carboxylic acids is 1. The van der Waals surface area contributed by atoms with Crippen LogP contribution in [0.2, 0.25) is 0 Å². The van der Waals surface area contributed by atoms with Crippen LogP contribution in [0.1, 0.15) is 200 Å². The van der Waals surface area contributed by atoms with E-state index in [4.69, 9.17) is 24.8 Å². The minimum Gasteiger partial charge on any atom is -0.480 e. The summed E-state index contributed by atoms with van der Waals surface area (Å²) < 4.78 is 32.6. The first-order valence-electron chi connectivity index (χ1n) is 20.6. The van der Waals surface area contributed by atoms with E-state index in [9.17, 15) is 23.8 Å². The quantitative estimate of drug-likeness (QED) is 0.0310. The highest BCUT2D eigenvalue weighted by Gasteiger charge is 2.28. The van der Waals surface area contributed by atoms with E-state index in [0.29, 0.717) is 12.8 Å². The van der Waals surface area contributed by atoms with Crippen molar-refractivity contribution in [1.82, 2.24) is 0 Å². The fourth-order valence-corrected chi connectivity index (χ4v) is 6.61. The molecule has 0 radical (unpaired) electrons. The summed E-state index contributed by atoms with van der Waals surface area (Å²) in [7, 11) is -4.70. The van der Waals surface area contributed by atoms with Crippen molar-refractivity contribution in [2.24, 2.45) is 5.73 Å². The Morgan fingerprint density at radius 1 is 0.529 bits per heavy atom. The van der Waals surface area contributed by atoms with Crippen molar-refractivity contribution in [1.29, 1.82) is 0 Å². The van der Waals surface area contributed by atoms with Gasteiger partial charge in [-0.1, -0.05) is 174 Å². The Labute approximate surface area is 310 Å². The van der Waals surface area contributed by atoms with E-state index in [2.05, 4.69) is 18.4 Å². The average Bonchev–Trinajstić information content (AvgIpc) is 3.10. The van der Waals surface area contributed by atoms with Crippen molar-refractivity contribution < 1.29 is 47.5 Å². The molecule has 0 saturated carbocycles. The molecule has 11 nitrogen and oxygen atoms in total. The highest BCUT2D eigenvalue weighted by Crippen LogP contribution is 2.43. The van der Waals surface area contributed by atoms with Gasteiger partial charge in [0, 0.05) is 12.8 Å². The van der Waals surface area contributed by atoms with Crippen molar-refractivity contribution in [3.05, 3.63) is 0 Å². The molecule has 0 aromatic heterocycles. The van der Waals surface area contributed by atoms with Gasteiger partial charge in [0.1, 0.15) is 12.6 Å². The Hall–Kier alpha value is -1.52. The van der Waals surface area contributed by atoms with Crippen LogP contribution in [0.4, 0.5) is 0 Å². The van der Waals surface area contributed by atoms with Crippen LogP contribution < -0.4 is 5.73 Å². The Kier molecular flexibility index (Phi) is 34.4. The lowest BCUT2D eigenvalue weighted by atomic mass is 10.0. The highest BCUT2D eigenvalue weighted by molar-refractivity contribution is 7.47. The maximum Gasteiger partial charge on any atom is 0.472 e. The van der Waals surface area contributed by atoms with Crippen molar-refractivity contribution in [3.63, 3.8) is 0 Å². The van der Waals surface area contributed by atoms with Crippen molar-refractivity contribution >= 4 is 25.7 Å². The van der Waals surface area contributed by atoms with Gasteiger partial charge in [-0.3, -0.25) is 23.4 Å². The van der Waals surface area contributed by atoms with Gasteiger partial charge in [-0.05, 0) is 12.8 Å². The monoisotopic (exact) mass is 750 g/mol. The van der Waals surface area contributed by atoms with Crippen molar-refractivity contribution in [2.75, 3.05) is 19.8 Å². The predicted octanol–water partition coefficient (Wildman–Crippen LogP) is 10.3. The van der Waals surface area contributed by atoms with Crippen molar-refractivity contribution in [2.45, 2.75) is 212 Å². The lowest BCUT2D eigenvalue weighted by Crippen LogP contribution is -2.34. The first-order chi connectivity index (χ1) is 24.6. The van der Waals surface area contributed by atoms with Gasteiger partial charge in [0.25, 0.3) is 0 Å². The van der Waals surface area contributed by atoms with Crippen LogP contribution in [0, 0.1) is 0 Å². The van der Waals surface area contributed by atoms with Crippen LogP contribution in [0.3, 0.4) is 0 Å². The molecular formula is C39H76NO10P. The van der Waals surface area contributed by atoms with Gasteiger partial charge in [0.2, 0.25) is 0 Å². The third kappa shape index (κ3) is 35.3. The zero-order chi connectivity index (χ0) is 37.8. The molecule has 0 saturated heterocycles. The summed E-state index contributed by atoms with van der Waals surface area (Å²) in [5.74, 6) is -2.36. The number of carbonyl (C=O) groups excluding carboxylic acids is 2. The van der Waals surface area contributed by atoms with E-state index in [1.54, 1.807) is 0 Å². The van der Waals surface area contributed by atoms with E-state index in [-0.39, 0.29) is 19.4 Å². The molecule has 0 fully saturated rings. The Bertz CT molecular complexity index is 890. The molecule has 3 unspecified atom stereocenters. The van der Waals surface area contributed by atoms with Crippen molar-refractivity contribution in [3.8, 4) is 0 Å². The molecule has 0 aromatic carbocycles. The van der Waals surface area contributed by atoms with Crippen LogP contribution in [0.15, 0.2) is 0 Å². The van der Waals surface area contributed by atoms with E-state index >= 15 is 0 Å². The van der Waals surface area contributed by atoms with E-state index < -0.39 is 51.1 Å². The standard InChI is InChI=1S/C39H76NO10P/c1-3-5-7-9-11-13-15-16-17-18-19-21-23-25-27-29-31-38(42)50-35(33-48-51(45,46)49-34-36(40)39(43)44)32-47-37(41)30-28-26-24-22-20-14-12-10-8-6-4-2/h35-36H,3-34,40H2,1-2H3,(H,43,44)(H,45,46). The fraction of sp³-hybridized carbons (Fsp3) is 0.923. The van der Waals surface area contributed by atoms with Gasteiger partial charge < -0.3 is 25.2 Å². The molecule has 0 aromatic rings. The molecule has 0 bridgehead atoms. The number of carboxylic acid groups (broad SMARTS) is 1. The van der Waals surface area contributed by atoms with Gasteiger partial charge in [0.15, 0.2) is 6.10 Å². The van der Waals surface area contributed by atoms with Crippen LogP contribution in [-0.2, 0) is 37.5 Å². The molecule has 0 spiro atoms. The van der Waals surface area contributed by atoms with E-state index in [1.807, 2.05) is 0 Å². The molecule has 0 rings (SSSR count). The van der Waals surface area contributed by atoms with Crippen LogP contribution in [0.25, 0.3) is 0 Å². The molecule has 302 valence electrons. The van der Waals surface area contributed by atoms with Gasteiger partial charge in [-0.25, -0.2) is 4.57 Å². The number of hydrogen-bond acceptors (Lipinski definition) is 9. The molecule has 0 amide bonds. The zero-order valence-electron chi connectivity index (χ0n) is 32.5. The SMILES string of the molecule is CCCCCCCCCCCCCCCCCCC(=O)OC(COC(=O)CCCCCCCCCCCCC)COP(=O)(O)OCC(N)C(=O)O. The number of nitrogens with two attached hydrogens (primary N) is 1. The fourth-order valence-electron chi connectivity index (χ4n) is 5.83. The second kappa shape index (κ2) is 35.5. The maximum atomic E-state index is 12.6. The first kappa shape index (κ1) is 49.5. The topological polar surface area (TPSA) is 172 Å². The van der Waals surface area contributed by atoms with Gasteiger partial charge in [-0.15, -0.1) is 0 Å². The van der Waals surface area contributed by atoms with E-state index in [0.717, 1.165) is 38.5 Å². The summed E-state index contributed by atoms with van der Waals surface area (Å²) in [6.45, 7) is 2.81. The van der Waals surface area contributed by atoms with Crippen LogP contribution >= 0.6 is 7.82 Å². The predicted molar refractivity (Wildman–Crippen MR) is 203 cm³/mol. The summed E-state index contributed by atoms with van der Waals surface area (Å²) in [5, 5.41) is 8.86. The summed E-state index contributed by atoms with van der Waals surface area (Å²) in [6.07, 6.45) is 31.7. The normalized spacial score (nSPS) is 13.8. The zero-order valence-corrected chi connectivity index (χ0v) is 33.4. The van der Waals surface area contributed by atoms with Gasteiger partial charge >= 0.3 is 25.7 Å². The number of unbranched alkanes of at least 4 members (excludes halogenated alkanes) is 25. The molecule has 3 atom stereocenters. The molecule has 0 aliphatic heterocycles. The first-order valence-corrected chi connectivity index (χ1v) is 22.1. The highest BCUT2D eigenvalue weighted by atomic mass is 31.2. The third-order valence-corrected chi connectivity index (χ3v) is 10.1. The molecule has 4 N–H and O–H groups in total. The molecule has 51 heavy (non-hydrogen) atoms. The number of hydrogen-bond donors (Lipinski definition) is 3. The molecule has 0 aliphatic carbocycles. The largest absolute Gasteiger partial charge is 0.480 e. The molecular weight excluding hydrogens is 673 g/mol. The maximum absolute atomic E-state index is 12.6. The Morgan fingerprint density at radius 3 is 1.24 bits per heavy atom. The number of phosphoric acid groups is 1. The lowest BCUT2D eigenvalue weighted by molar-refractivity contribution is -0.161. The van der Waals surface area contributed by atoms with Gasteiger partial charge in [-0.2, -0.15) is 0 Å². The molecule has 12 heteroatoms. The summed E-state index contributed by atoms with van der Waals surface area (Å²) >= 11 is 0. The Balaban J connectivity index is 4.34.